The first kappa shape index (κ1) is 20.7. The zero-order valence-electron chi connectivity index (χ0n) is 15.3. The van der Waals surface area contributed by atoms with Gasteiger partial charge in [0.2, 0.25) is 0 Å². The van der Waals surface area contributed by atoms with E-state index in [0.29, 0.717) is 12.1 Å². The van der Waals surface area contributed by atoms with Crippen molar-refractivity contribution in [2.75, 3.05) is 4.72 Å². The van der Waals surface area contributed by atoms with Gasteiger partial charge in [0, 0.05) is 36.3 Å². The number of nitro benzene ring substituents is 1. The van der Waals surface area contributed by atoms with Crippen LogP contribution in [0.5, 0.6) is 5.75 Å². The number of rotatable bonds is 7. The van der Waals surface area contributed by atoms with Gasteiger partial charge < -0.3 is 10.4 Å². The molecule has 0 saturated heterocycles. The lowest BCUT2D eigenvalue weighted by Crippen LogP contribution is -2.22. The maximum atomic E-state index is 12.5. The number of nitro groups is 1. The number of aromatic hydroxyl groups is 1. The van der Waals surface area contributed by atoms with Crippen LogP contribution in [-0.4, -0.2) is 29.3 Å². The summed E-state index contributed by atoms with van der Waals surface area (Å²) < 4.78 is 27.2. The third kappa shape index (κ3) is 4.89. The molecule has 1 aromatic heterocycles. The minimum Gasteiger partial charge on any atom is -0.502 e. The summed E-state index contributed by atoms with van der Waals surface area (Å²) in [6, 6.07) is 12.0. The Morgan fingerprint density at radius 2 is 1.73 bits per heavy atom. The molecule has 0 aliphatic carbocycles. The van der Waals surface area contributed by atoms with Crippen molar-refractivity contribution in [1.29, 1.82) is 0 Å². The van der Waals surface area contributed by atoms with Crippen molar-refractivity contribution >= 4 is 27.3 Å². The van der Waals surface area contributed by atoms with E-state index in [1.165, 1.54) is 24.3 Å². The zero-order chi connectivity index (χ0) is 21.7. The largest absolute Gasteiger partial charge is 0.502 e. The van der Waals surface area contributed by atoms with Crippen molar-refractivity contribution in [3.05, 3.63) is 88.2 Å². The van der Waals surface area contributed by atoms with E-state index in [9.17, 15) is 28.4 Å². The molecule has 0 radical (unpaired) electrons. The quantitative estimate of drug-likeness (QED) is 0.386. The van der Waals surface area contributed by atoms with Crippen molar-refractivity contribution in [1.82, 2.24) is 10.3 Å². The Balaban J connectivity index is 1.69. The number of benzene rings is 2. The van der Waals surface area contributed by atoms with E-state index in [2.05, 4.69) is 15.0 Å². The number of nitrogens with zero attached hydrogens (tertiary/aromatic N) is 2. The number of carbonyl (C=O) groups excluding carboxylic acids is 1. The topological polar surface area (TPSA) is 152 Å². The highest BCUT2D eigenvalue weighted by molar-refractivity contribution is 7.92. The Labute approximate surface area is 171 Å². The molecule has 3 aromatic rings. The van der Waals surface area contributed by atoms with Crippen LogP contribution in [0.4, 0.5) is 11.4 Å². The predicted molar refractivity (Wildman–Crippen MR) is 107 cm³/mol. The molecular weight excluding hydrogens is 412 g/mol. The molecule has 10 nitrogen and oxygen atoms in total. The lowest BCUT2D eigenvalue weighted by molar-refractivity contribution is -0.386. The van der Waals surface area contributed by atoms with Gasteiger partial charge in [-0.1, -0.05) is 0 Å². The first-order valence-electron chi connectivity index (χ1n) is 8.53. The number of anilines is 1. The second-order valence-electron chi connectivity index (χ2n) is 6.13. The second kappa shape index (κ2) is 8.57. The number of phenols is 1. The SMILES string of the molecule is O=C(NCc1ccncc1)c1ccc(NS(=O)(=O)c2ccc(O)c([N+](=O)[O-])c2)cc1. The fourth-order valence-corrected chi connectivity index (χ4v) is 3.58. The van der Waals surface area contributed by atoms with E-state index in [4.69, 9.17) is 0 Å². The molecule has 0 atom stereocenters. The number of hydrogen-bond donors (Lipinski definition) is 3. The van der Waals surface area contributed by atoms with Crippen LogP contribution in [0.15, 0.2) is 71.9 Å². The standard InChI is InChI=1S/C19H16N4O6S/c24-18-6-5-16(11-17(18)23(26)27)30(28,29)22-15-3-1-14(2-4-15)19(25)21-12-13-7-9-20-10-8-13/h1-11,22,24H,12H2,(H,21,25). The average Bonchev–Trinajstić information content (AvgIpc) is 2.73. The minimum absolute atomic E-state index is 0.163. The van der Waals surface area contributed by atoms with Crippen molar-refractivity contribution in [2.24, 2.45) is 0 Å². The maximum absolute atomic E-state index is 12.5. The maximum Gasteiger partial charge on any atom is 0.312 e. The van der Waals surface area contributed by atoms with Crippen LogP contribution in [0, 0.1) is 10.1 Å². The first-order chi connectivity index (χ1) is 14.3. The number of nitrogens with one attached hydrogen (secondary N) is 2. The summed E-state index contributed by atoms with van der Waals surface area (Å²) in [7, 11) is -4.14. The molecule has 0 aliphatic heterocycles. The van der Waals surface area contributed by atoms with Crippen molar-refractivity contribution in [3.63, 3.8) is 0 Å². The molecule has 2 aromatic carbocycles. The molecular formula is C19H16N4O6S. The van der Waals surface area contributed by atoms with E-state index < -0.39 is 26.4 Å². The molecule has 1 amide bonds. The summed E-state index contributed by atoms with van der Waals surface area (Å²) in [5.41, 5.74) is 0.647. The number of amides is 1. The normalized spacial score (nSPS) is 10.9. The number of aromatic nitrogens is 1. The summed E-state index contributed by atoms with van der Waals surface area (Å²) in [6.45, 7) is 0.315. The van der Waals surface area contributed by atoms with E-state index in [1.54, 1.807) is 24.5 Å². The second-order valence-corrected chi connectivity index (χ2v) is 7.81. The molecule has 1 heterocycles. The highest BCUT2D eigenvalue weighted by Gasteiger charge is 2.21. The molecule has 3 rings (SSSR count). The molecule has 0 bridgehead atoms. The average molecular weight is 428 g/mol. The lowest BCUT2D eigenvalue weighted by atomic mass is 10.2. The Bertz CT molecular complexity index is 1180. The van der Waals surface area contributed by atoms with Crippen LogP contribution in [-0.2, 0) is 16.6 Å². The van der Waals surface area contributed by atoms with Gasteiger partial charge >= 0.3 is 5.69 Å². The van der Waals surface area contributed by atoms with Crippen molar-refractivity contribution in [3.8, 4) is 5.75 Å². The van der Waals surface area contributed by atoms with Crippen LogP contribution < -0.4 is 10.0 Å². The van der Waals surface area contributed by atoms with Gasteiger partial charge in [-0.05, 0) is 54.1 Å². The molecule has 0 aliphatic rings. The molecule has 0 unspecified atom stereocenters. The fourth-order valence-electron chi connectivity index (χ4n) is 2.51. The molecule has 0 fully saturated rings. The van der Waals surface area contributed by atoms with Gasteiger partial charge in [-0.3, -0.25) is 24.6 Å². The summed E-state index contributed by atoms with van der Waals surface area (Å²) in [5, 5.41) is 23.1. The molecule has 30 heavy (non-hydrogen) atoms. The fraction of sp³-hybridized carbons (Fsp3) is 0.0526. The van der Waals surface area contributed by atoms with Crippen molar-refractivity contribution < 1.29 is 23.2 Å². The Morgan fingerprint density at radius 1 is 1.07 bits per heavy atom. The van der Waals surface area contributed by atoms with E-state index in [1.807, 2.05) is 0 Å². The lowest BCUT2D eigenvalue weighted by Gasteiger charge is -2.10. The summed E-state index contributed by atoms with van der Waals surface area (Å²) >= 11 is 0. The monoisotopic (exact) mass is 428 g/mol. The smallest absolute Gasteiger partial charge is 0.312 e. The van der Waals surface area contributed by atoms with E-state index in [0.717, 1.165) is 23.8 Å². The van der Waals surface area contributed by atoms with Crippen LogP contribution in [0.2, 0.25) is 0 Å². The molecule has 0 saturated carbocycles. The number of carbonyl (C=O) groups is 1. The Morgan fingerprint density at radius 3 is 2.37 bits per heavy atom. The van der Waals surface area contributed by atoms with Gasteiger partial charge in [0.25, 0.3) is 15.9 Å². The Hall–Kier alpha value is -3.99. The third-order valence-electron chi connectivity index (χ3n) is 4.06. The Kier molecular flexibility index (Phi) is 5.93. The number of phenolic OH excluding ortho intramolecular Hbond substituents is 1. The highest BCUT2D eigenvalue weighted by atomic mass is 32.2. The van der Waals surface area contributed by atoms with Gasteiger partial charge in [-0.2, -0.15) is 0 Å². The van der Waals surface area contributed by atoms with Crippen LogP contribution in [0.25, 0.3) is 0 Å². The third-order valence-corrected chi connectivity index (χ3v) is 5.43. The summed E-state index contributed by atoms with van der Waals surface area (Å²) in [5.74, 6) is -0.976. The molecule has 0 spiro atoms. The van der Waals surface area contributed by atoms with E-state index in [-0.39, 0.29) is 16.5 Å². The van der Waals surface area contributed by atoms with Crippen LogP contribution in [0.1, 0.15) is 15.9 Å². The van der Waals surface area contributed by atoms with Gasteiger partial charge in [0.05, 0.1) is 9.82 Å². The number of pyridine rings is 1. The predicted octanol–water partition coefficient (Wildman–Crippen LogP) is 2.43. The minimum atomic E-state index is -4.14. The van der Waals surface area contributed by atoms with Crippen LogP contribution in [0.3, 0.4) is 0 Å². The van der Waals surface area contributed by atoms with Gasteiger partial charge in [-0.15, -0.1) is 0 Å². The molecule has 3 N–H and O–H groups in total. The van der Waals surface area contributed by atoms with Gasteiger partial charge in [-0.25, -0.2) is 8.42 Å². The van der Waals surface area contributed by atoms with E-state index >= 15 is 0 Å². The first-order valence-corrected chi connectivity index (χ1v) is 10.0. The number of hydrogen-bond acceptors (Lipinski definition) is 7. The highest BCUT2D eigenvalue weighted by Crippen LogP contribution is 2.29. The molecule has 154 valence electrons. The number of sulfonamides is 1. The van der Waals surface area contributed by atoms with Gasteiger partial charge in [0.15, 0.2) is 5.75 Å². The van der Waals surface area contributed by atoms with Gasteiger partial charge in [0.1, 0.15) is 0 Å². The van der Waals surface area contributed by atoms with Crippen LogP contribution >= 0.6 is 0 Å². The molecule has 11 heteroatoms. The summed E-state index contributed by atoms with van der Waals surface area (Å²) in [6.07, 6.45) is 3.23. The van der Waals surface area contributed by atoms with Crippen molar-refractivity contribution in [2.45, 2.75) is 11.4 Å². The summed E-state index contributed by atoms with van der Waals surface area (Å²) in [4.78, 5) is 25.7. The zero-order valence-corrected chi connectivity index (χ0v) is 16.2.